The number of nitrogens with zero attached hydrogens (tertiary/aromatic N) is 2. The van der Waals surface area contributed by atoms with E-state index in [1.54, 1.807) is 23.2 Å². The van der Waals surface area contributed by atoms with Crippen LogP contribution in [0.25, 0.3) is 22.4 Å². The Morgan fingerprint density at radius 1 is 0.844 bits per heavy atom. The minimum Gasteiger partial charge on any atom is -0.461 e. The molecule has 4 aromatic rings. The van der Waals surface area contributed by atoms with Crippen LogP contribution in [0.3, 0.4) is 0 Å². The van der Waals surface area contributed by atoms with Crippen molar-refractivity contribution in [1.29, 1.82) is 0 Å². The van der Waals surface area contributed by atoms with E-state index >= 15 is 0 Å². The topological polar surface area (TPSA) is 87.2 Å². The van der Waals surface area contributed by atoms with E-state index in [1.807, 2.05) is 78.9 Å². The maximum atomic E-state index is 12.4. The van der Waals surface area contributed by atoms with Crippen LogP contribution in [-0.4, -0.2) is 21.4 Å². The summed E-state index contributed by atoms with van der Waals surface area (Å²) in [6.45, 7) is 0.153. The number of amides is 1. The van der Waals surface area contributed by atoms with E-state index in [2.05, 4.69) is 4.98 Å². The minimum atomic E-state index is -0.844. The average Bonchev–Trinajstić information content (AvgIpc) is 3.32. The van der Waals surface area contributed by atoms with Gasteiger partial charge in [-0.2, -0.15) is 0 Å². The Morgan fingerprint density at radius 2 is 1.50 bits per heavy atom. The zero-order chi connectivity index (χ0) is 22.3. The molecule has 0 aliphatic rings. The van der Waals surface area contributed by atoms with Gasteiger partial charge in [-0.15, -0.1) is 0 Å². The second-order valence-electron chi connectivity index (χ2n) is 7.38. The number of pyridine rings is 1. The van der Waals surface area contributed by atoms with Crippen molar-refractivity contribution in [3.63, 3.8) is 0 Å². The molecule has 6 nitrogen and oxygen atoms in total. The number of nitrogens with two attached hydrogens (primary N) is 1. The van der Waals surface area contributed by atoms with Crippen LogP contribution in [-0.2, 0) is 20.9 Å². The summed E-state index contributed by atoms with van der Waals surface area (Å²) in [5.41, 5.74) is 10.4. The molecule has 0 aliphatic heterocycles. The maximum Gasteiger partial charge on any atom is 0.308 e. The third kappa shape index (κ3) is 4.92. The van der Waals surface area contributed by atoms with Crippen LogP contribution in [0.4, 0.5) is 0 Å². The summed E-state index contributed by atoms with van der Waals surface area (Å²) < 4.78 is 7.08. The highest BCUT2D eigenvalue weighted by Crippen LogP contribution is 2.28. The zero-order valence-electron chi connectivity index (χ0n) is 17.4. The lowest BCUT2D eigenvalue weighted by molar-refractivity contribution is -0.147. The molecule has 2 aromatic carbocycles. The largest absolute Gasteiger partial charge is 0.461 e. The van der Waals surface area contributed by atoms with Crippen LogP contribution < -0.4 is 5.73 Å². The lowest BCUT2D eigenvalue weighted by Crippen LogP contribution is -2.29. The van der Waals surface area contributed by atoms with Gasteiger partial charge in [-0.25, -0.2) is 0 Å². The number of aromatic nitrogens is 2. The van der Waals surface area contributed by atoms with Crippen LogP contribution >= 0.6 is 0 Å². The number of ether oxygens (including phenoxy) is 1. The molecule has 160 valence electrons. The molecule has 1 unspecified atom stereocenters. The summed E-state index contributed by atoms with van der Waals surface area (Å²) in [6.07, 6.45) is 5.12. The van der Waals surface area contributed by atoms with E-state index in [1.165, 1.54) is 0 Å². The first-order valence-electron chi connectivity index (χ1n) is 10.3. The fourth-order valence-corrected chi connectivity index (χ4v) is 3.58. The summed E-state index contributed by atoms with van der Waals surface area (Å²) in [6, 6.07) is 24.1. The average molecular weight is 425 g/mol. The van der Waals surface area contributed by atoms with Gasteiger partial charge < -0.3 is 15.0 Å². The number of carbonyl (C=O) groups is 2. The standard InChI is InChI=1S/C26H23N3O3/c27-26(31)24(17-25(30)32-18-19-5-2-1-3-6-19)29-16-4-7-23(29)22-10-8-20(9-11-22)21-12-14-28-15-13-21/h1-16,24H,17-18H2,(H2,27,31). The SMILES string of the molecule is NC(=O)C(CC(=O)OCc1ccccc1)n1cccc1-c1ccc(-c2ccncc2)cc1. The van der Waals surface area contributed by atoms with Gasteiger partial charge in [0.2, 0.25) is 5.91 Å². The Bertz CT molecular complexity index is 1190. The summed E-state index contributed by atoms with van der Waals surface area (Å²) in [5, 5.41) is 0. The molecule has 0 fully saturated rings. The minimum absolute atomic E-state index is 0.140. The molecule has 0 radical (unpaired) electrons. The van der Waals surface area contributed by atoms with Crippen LogP contribution in [0.2, 0.25) is 0 Å². The zero-order valence-corrected chi connectivity index (χ0v) is 17.4. The van der Waals surface area contributed by atoms with Gasteiger partial charge in [-0.1, -0.05) is 54.6 Å². The number of primary amides is 1. The van der Waals surface area contributed by atoms with Crippen molar-refractivity contribution in [3.05, 3.63) is 103 Å². The highest BCUT2D eigenvalue weighted by Gasteiger charge is 2.24. The molecule has 0 aliphatic carbocycles. The van der Waals surface area contributed by atoms with Gasteiger partial charge >= 0.3 is 5.97 Å². The maximum absolute atomic E-state index is 12.4. The lowest BCUT2D eigenvalue weighted by Gasteiger charge is -2.18. The summed E-state index contributed by atoms with van der Waals surface area (Å²) in [5.74, 6) is -1.07. The first kappa shape index (κ1) is 21.1. The third-order valence-corrected chi connectivity index (χ3v) is 5.24. The van der Waals surface area contributed by atoms with E-state index in [9.17, 15) is 9.59 Å². The Hall–Kier alpha value is -4.19. The number of benzene rings is 2. The molecule has 1 amide bonds. The van der Waals surface area contributed by atoms with Gasteiger partial charge in [0.1, 0.15) is 12.6 Å². The van der Waals surface area contributed by atoms with Gasteiger partial charge in [0.05, 0.1) is 6.42 Å². The van der Waals surface area contributed by atoms with Gasteiger partial charge in [0, 0.05) is 24.3 Å². The second kappa shape index (κ2) is 9.75. The highest BCUT2D eigenvalue weighted by molar-refractivity contribution is 5.85. The third-order valence-electron chi connectivity index (χ3n) is 5.24. The molecular weight excluding hydrogens is 402 g/mol. The monoisotopic (exact) mass is 425 g/mol. The molecule has 4 rings (SSSR count). The molecular formula is C26H23N3O3. The first-order chi connectivity index (χ1) is 15.6. The summed E-state index contributed by atoms with van der Waals surface area (Å²) in [7, 11) is 0. The van der Waals surface area contributed by atoms with Crippen molar-refractivity contribution < 1.29 is 14.3 Å². The van der Waals surface area contributed by atoms with Crippen LogP contribution in [0, 0.1) is 0 Å². The molecule has 0 spiro atoms. The molecule has 0 bridgehead atoms. The molecule has 1 atom stereocenters. The van der Waals surface area contributed by atoms with E-state index in [4.69, 9.17) is 10.5 Å². The Kier molecular flexibility index (Phi) is 6.41. The quantitative estimate of drug-likeness (QED) is 0.425. The fourth-order valence-electron chi connectivity index (χ4n) is 3.58. The van der Waals surface area contributed by atoms with E-state index in [0.717, 1.165) is 27.9 Å². The van der Waals surface area contributed by atoms with Crippen molar-refractivity contribution >= 4 is 11.9 Å². The van der Waals surface area contributed by atoms with Crippen molar-refractivity contribution in [2.45, 2.75) is 19.1 Å². The lowest BCUT2D eigenvalue weighted by atomic mass is 10.0. The number of carbonyl (C=O) groups excluding carboxylic acids is 2. The van der Waals surface area contributed by atoms with E-state index < -0.39 is 17.9 Å². The van der Waals surface area contributed by atoms with Gasteiger partial charge in [0.15, 0.2) is 0 Å². The van der Waals surface area contributed by atoms with Crippen molar-refractivity contribution in [2.24, 2.45) is 5.73 Å². The number of rotatable bonds is 8. The predicted molar refractivity (Wildman–Crippen MR) is 122 cm³/mol. The molecule has 2 aromatic heterocycles. The molecule has 0 saturated heterocycles. The van der Waals surface area contributed by atoms with Crippen LogP contribution in [0.15, 0.2) is 97.5 Å². The number of esters is 1. The van der Waals surface area contributed by atoms with Crippen molar-refractivity contribution in [1.82, 2.24) is 9.55 Å². The van der Waals surface area contributed by atoms with E-state index in [-0.39, 0.29) is 13.0 Å². The molecule has 0 saturated carbocycles. The Labute approximate surface area is 186 Å². The van der Waals surface area contributed by atoms with Gasteiger partial charge in [-0.05, 0) is 46.5 Å². The van der Waals surface area contributed by atoms with Crippen LogP contribution in [0.5, 0.6) is 0 Å². The summed E-state index contributed by atoms with van der Waals surface area (Å²) in [4.78, 5) is 28.7. The molecule has 2 N–H and O–H groups in total. The Balaban J connectivity index is 1.50. The summed E-state index contributed by atoms with van der Waals surface area (Å²) >= 11 is 0. The number of hydrogen-bond donors (Lipinski definition) is 1. The normalized spacial score (nSPS) is 11.6. The predicted octanol–water partition coefficient (Wildman–Crippen LogP) is 4.38. The molecule has 2 heterocycles. The highest BCUT2D eigenvalue weighted by atomic mass is 16.5. The van der Waals surface area contributed by atoms with E-state index in [0.29, 0.717) is 0 Å². The van der Waals surface area contributed by atoms with Crippen molar-refractivity contribution in [3.8, 4) is 22.4 Å². The van der Waals surface area contributed by atoms with Gasteiger partial charge in [-0.3, -0.25) is 14.6 Å². The smallest absolute Gasteiger partial charge is 0.308 e. The first-order valence-corrected chi connectivity index (χ1v) is 10.3. The van der Waals surface area contributed by atoms with Gasteiger partial charge in [0.25, 0.3) is 0 Å². The van der Waals surface area contributed by atoms with Crippen molar-refractivity contribution in [2.75, 3.05) is 0 Å². The molecule has 32 heavy (non-hydrogen) atoms. The Morgan fingerprint density at radius 3 is 2.19 bits per heavy atom. The van der Waals surface area contributed by atoms with Crippen LogP contribution in [0.1, 0.15) is 18.0 Å². The second-order valence-corrected chi connectivity index (χ2v) is 7.38. The number of hydrogen-bond acceptors (Lipinski definition) is 4. The molecule has 6 heteroatoms. The fraction of sp³-hybridized carbons (Fsp3) is 0.115.